The first-order valence-corrected chi connectivity index (χ1v) is 12.7. The van der Waals surface area contributed by atoms with Crippen molar-refractivity contribution < 1.29 is 19.0 Å². The highest BCUT2D eigenvalue weighted by Gasteiger charge is 2.12. The van der Waals surface area contributed by atoms with Gasteiger partial charge in [-0.3, -0.25) is 4.79 Å². The largest absolute Gasteiger partial charge is 0.494 e. The van der Waals surface area contributed by atoms with Crippen molar-refractivity contribution in [1.82, 2.24) is 5.43 Å². The zero-order valence-corrected chi connectivity index (χ0v) is 22.3. The van der Waals surface area contributed by atoms with Crippen LogP contribution in [0.3, 0.4) is 0 Å². The molecule has 0 aliphatic heterocycles. The zero-order chi connectivity index (χ0) is 25.3. The van der Waals surface area contributed by atoms with E-state index >= 15 is 0 Å². The molecule has 0 fully saturated rings. The van der Waals surface area contributed by atoms with Crippen LogP contribution in [0.5, 0.6) is 17.2 Å². The van der Waals surface area contributed by atoms with Gasteiger partial charge in [-0.15, -0.1) is 0 Å². The van der Waals surface area contributed by atoms with Crippen molar-refractivity contribution in [3.05, 3.63) is 99.1 Å². The molecule has 0 atom stereocenters. The molecule has 4 rings (SSSR count). The molecule has 0 saturated carbocycles. The molecule has 0 heterocycles. The van der Waals surface area contributed by atoms with Crippen molar-refractivity contribution in [2.24, 2.45) is 5.10 Å². The Labute approximate surface area is 224 Å². The number of hydrazone groups is 1. The lowest BCUT2D eigenvalue weighted by Crippen LogP contribution is -2.19. The number of carbonyl (C=O) groups is 1. The second-order valence-electron chi connectivity index (χ2n) is 8.01. The van der Waals surface area contributed by atoms with E-state index in [-0.39, 0.29) is 12.3 Å². The lowest BCUT2D eigenvalue weighted by molar-refractivity contribution is -0.120. The number of fused-ring (bicyclic) bond motifs is 1. The Morgan fingerprint density at radius 2 is 1.78 bits per heavy atom. The number of rotatable bonds is 10. The maximum atomic E-state index is 12.3. The summed E-state index contributed by atoms with van der Waals surface area (Å²) < 4.78 is 18.1. The molecule has 184 valence electrons. The minimum atomic E-state index is -0.202. The lowest BCUT2D eigenvalue weighted by Gasteiger charge is -2.14. The molecule has 0 aromatic heterocycles. The molecule has 0 bridgehead atoms. The molecule has 0 radical (unpaired) electrons. The van der Waals surface area contributed by atoms with E-state index in [1.165, 1.54) is 10.8 Å². The van der Waals surface area contributed by atoms with Gasteiger partial charge in [0.15, 0.2) is 11.5 Å². The van der Waals surface area contributed by atoms with Gasteiger partial charge in [0.25, 0.3) is 0 Å². The molecule has 36 heavy (non-hydrogen) atoms. The highest BCUT2D eigenvalue weighted by molar-refractivity contribution is 14.1. The molecule has 0 saturated heterocycles. The van der Waals surface area contributed by atoms with E-state index in [0.717, 1.165) is 26.0 Å². The Bertz CT molecular complexity index is 1360. The van der Waals surface area contributed by atoms with E-state index in [0.29, 0.717) is 24.7 Å². The molecule has 7 heteroatoms. The van der Waals surface area contributed by atoms with Gasteiger partial charge in [0, 0.05) is 0 Å². The Morgan fingerprint density at radius 3 is 2.56 bits per heavy atom. The van der Waals surface area contributed by atoms with Crippen LogP contribution in [-0.2, 0) is 17.8 Å². The summed E-state index contributed by atoms with van der Waals surface area (Å²) in [6.45, 7) is 2.96. The lowest BCUT2D eigenvalue weighted by atomic mass is 10.1. The maximum Gasteiger partial charge on any atom is 0.244 e. The van der Waals surface area contributed by atoms with Crippen LogP contribution in [0.4, 0.5) is 0 Å². The fraction of sp³-hybridized carbons (Fsp3) is 0.172. The standard InChI is InChI=1S/C29H27IN2O4/c1-3-35-24-13-11-20(12-14-24)17-28(33)32-31-18-21-15-26(30)29(27(16-21)34-2)36-19-23-9-6-8-22-7-4-5-10-25(22)23/h4-16,18H,3,17,19H2,1-2H3,(H,32,33)/b31-18+. The Kier molecular flexibility index (Phi) is 8.78. The highest BCUT2D eigenvalue weighted by atomic mass is 127. The fourth-order valence-corrected chi connectivity index (χ4v) is 4.58. The van der Waals surface area contributed by atoms with Gasteiger partial charge < -0.3 is 14.2 Å². The minimum absolute atomic E-state index is 0.202. The van der Waals surface area contributed by atoms with Gasteiger partial charge in [0.1, 0.15) is 12.4 Å². The second kappa shape index (κ2) is 12.4. The van der Waals surface area contributed by atoms with E-state index < -0.39 is 0 Å². The van der Waals surface area contributed by atoms with Crippen LogP contribution in [0.25, 0.3) is 10.8 Å². The number of nitrogens with one attached hydrogen (secondary N) is 1. The molecule has 0 unspecified atom stereocenters. The molecule has 1 N–H and O–H groups in total. The van der Waals surface area contributed by atoms with Gasteiger partial charge in [0.05, 0.1) is 29.9 Å². The van der Waals surface area contributed by atoms with Crippen LogP contribution in [0, 0.1) is 3.57 Å². The molecule has 0 spiro atoms. The van der Waals surface area contributed by atoms with Crippen molar-refractivity contribution in [2.75, 3.05) is 13.7 Å². The second-order valence-corrected chi connectivity index (χ2v) is 9.17. The fourth-order valence-electron chi connectivity index (χ4n) is 3.80. The first-order valence-electron chi connectivity index (χ1n) is 11.6. The highest BCUT2D eigenvalue weighted by Crippen LogP contribution is 2.34. The number of hydrogen-bond acceptors (Lipinski definition) is 5. The number of halogens is 1. The molecule has 0 aliphatic rings. The third kappa shape index (κ3) is 6.54. The van der Waals surface area contributed by atoms with Crippen LogP contribution in [0.15, 0.2) is 84.0 Å². The van der Waals surface area contributed by atoms with Crippen molar-refractivity contribution in [3.63, 3.8) is 0 Å². The molecule has 4 aromatic carbocycles. The van der Waals surface area contributed by atoms with Crippen molar-refractivity contribution in [2.45, 2.75) is 20.0 Å². The Hall–Kier alpha value is -3.59. The average molecular weight is 594 g/mol. The number of carbonyl (C=O) groups excluding carboxylic acids is 1. The first-order chi connectivity index (χ1) is 17.6. The predicted octanol–water partition coefficient (Wildman–Crippen LogP) is 6.12. The monoisotopic (exact) mass is 594 g/mol. The van der Waals surface area contributed by atoms with Crippen LogP contribution in [-0.4, -0.2) is 25.8 Å². The molecule has 4 aromatic rings. The molecule has 0 aliphatic carbocycles. The summed E-state index contributed by atoms with van der Waals surface area (Å²) in [6, 6.07) is 25.7. The SMILES string of the molecule is CCOc1ccc(CC(=O)N/N=C/c2cc(I)c(OCc3cccc4ccccc34)c(OC)c2)cc1. The normalized spacial score (nSPS) is 11.0. The number of ether oxygens (including phenoxy) is 3. The van der Waals surface area contributed by atoms with Gasteiger partial charge in [-0.25, -0.2) is 5.43 Å². The van der Waals surface area contributed by atoms with E-state index in [4.69, 9.17) is 14.2 Å². The summed E-state index contributed by atoms with van der Waals surface area (Å²) in [5, 5.41) is 6.45. The number of benzene rings is 4. The summed E-state index contributed by atoms with van der Waals surface area (Å²) in [5.41, 5.74) is 5.35. The molecule has 1 amide bonds. The topological polar surface area (TPSA) is 69.2 Å². The molecular weight excluding hydrogens is 567 g/mol. The molecule has 6 nitrogen and oxygen atoms in total. The smallest absolute Gasteiger partial charge is 0.244 e. The summed E-state index contributed by atoms with van der Waals surface area (Å²) in [5.74, 6) is 1.85. The van der Waals surface area contributed by atoms with Crippen LogP contribution in [0.2, 0.25) is 0 Å². The maximum absolute atomic E-state index is 12.3. The first kappa shape index (κ1) is 25.5. The van der Waals surface area contributed by atoms with Gasteiger partial charge in [-0.2, -0.15) is 5.10 Å². The van der Waals surface area contributed by atoms with Crippen LogP contribution < -0.4 is 19.6 Å². The average Bonchev–Trinajstić information content (AvgIpc) is 2.89. The summed E-state index contributed by atoms with van der Waals surface area (Å²) in [4.78, 5) is 12.3. The third-order valence-electron chi connectivity index (χ3n) is 5.51. The summed E-state index contributed by atoms with van der Waals surface area (Å²) in [7, 11) is 1.61. The number of methoxy groups -OCH3 is 1. The number of hydrogen-bond donors (Lipinski definition) is 1. The van der Waals surface area contributed by atoms with Gasteiger partial charge in [-0.1, -0.05) is 54.6 Å². The molecular formula is C29H27IN2O4. The number of amides is 1. The van der Waals surface area contributed by atoms with Crippen molar-refractivity contribution >= 4 is 45.5 Å². The predicted molar refractivity (Wildman–Crippen MR) is 151 cm³/mol. The Balaban J connectivity index is 1.39. The minimum Gasteiger partial charge on any atom is -0.494 e. The van der Waals surface area contributed by atoms with Crippen molar-refractivity contribution in [3.8, 4) is 17.2 Å². The van der Waals surface area contributed by atoms with E-state index in [9.17, 15) is 4.79 Å². The van der Waals surface area contributed by atoms with Crippen molar-refractivity contribution in [1.29, 1.82) is 0 Å². The van der Waals surface area contributed by atoms with Crippen LogP contribution >= 0.6 is 22.6 Å². The number of nitrogens with zero attached hydrogens (tertiary/aromatic N) is 1. The van der Waals surface area contributed by atoms with E-state index in [1.807, 2.05) is 61.5 Å². The van der Waals surface area contributed by atoms with E-state index in [1.54, 1.807) is 13.3 Å². The van der Waals surface area contributed by atoms with Gasteiger partial charge in [0.2, 0.25) is 5.91 Å². The summed E-state index contributed by atoms with van der Waals surface area (Å²) >= 11 is 2.22. The summed E-state index contributed by atoms with van der Waals surface area (Å²) in [6.07, 6.45) is 1.82. The van der Waals surface area contributed by atoms with Crippen LogP contribution in [0.1, 0.15) is 23.6 Å². The zero-order valence-electron chi connectivity index (χ0n) is 20.2. The van der Waals surface area contributed by atoms with E-state index in [2.05, 4.69) is 57.4 Å². The Morgan fingerprint density at radius 1 is 1.00 bits per heavy atom. The van der Waals surface area contributed by atoms with Gasteiger partial charge in [-0.05, 0) is 81.2 Å². The third-order valence-corrected chi connectivity index (χ3v) is 6.31. The quantitative estimate of drug-likeness (QED) is 0.137. The van der Waals surface area contributed by atoms with Gasteiger partial charge >= 0.3 is 0 Å².